The van der Waals surface area contributed by atoms with Gasteiger partial charge >= 0.3 is 5.97 Å². The van der Waals surface area contributed by atoms with Crippen LogP contribution in [0.5, 0.6) is 0 Å². The molecule has 1 aliphatic heterocycles. The molecule has 2 heterocycles. The third kappa shape index (κ3) is 4.53. The number of nitrogens with zero attached hydrogens (tertiary/aromatic N) is 3. The Bertz CT molecular complexity index is 1550. The number of morpholine rings is 1. The molecule has 1 aliphatic rings. The average molecular weight is 506 g/mol. The lowest BCUT2D eigenvalue weighted by molar-refractivity contribution is 0.0469. The Morgan fingerprint density at radius 3 is 2.36 bits per heavy atom. The molecular formula is C27H27N3O5S. The Morgan fingerprint density at radius 1 is 0.972 bits per heavy atom. The Hall–Kier alpha value is -3.53. The van der Waals surface area contributed by atoms with Crippen LogP contribution in [-0.4, -0.2) is 64.1 Å². The van der Waals surface area contributed by atoms with Gasteiger partial charge in [0, 0.05) is 38.0 Å². The van der Waals surface area contributed by atoms with Crippen molar-refractivity contribution in [1.82, 2.24) is 9.29 Å². The molecule has 1 saturated heterocycles. The minimum Gasteiger partial charge on any atom is -0.455 e. The van der Waals surface area contributed by atoms with Crippen LogP contribution in [0.25, 0.3) is 21.7 Å². The molecule has 1 fully saturated rings. The third-order valence-electron chi connectivity index (χ3n) is 6.35. The summed E-state index contributed by atoms with van der Waals surface area (Å²) >= 11 is 0. The third-order valence-corrected chi connectivity index (χ3v) is 8.16. The molecule has 0 saturated carbocycles. The van der Waals surface area contributed by atoms with Crippen LogP contribution >= 0.6 is 0 Å². The van der Waals surface area contributed by atoms with E-state index in [0.29, 0.717) is 37.7 Å². The number of para-hydroxylation sites is 1. The molecule has 36 heavy (non-hydrogen) atoms. The second-order valence-electron chi connectivity index (χ2n) is 8.76. The first kappa shape index (κ1) is 24.2. The second kappa shape index (κ2) is 9.85. The van der Waals surface area contributed by atoms with Crippen LogP contribution in [0.2, 0.25) is 0 Å². The molecule has 3 aromatic carbocycles. The molecule has 0 N–H and O–H groups in total. The fourth-order valence-electron chi connectivity index (χ4n) is 4.43. The van der Waals surface area contributed by atoms with Gasteiger partial charge in [0.25, 0.3) is 0 Å². The van der Waals surface area contributed by atoms with Crippen molar-refractivity contribution in [2.75, 3.05) is 45.3 Å². The van der Waals surface area contributed by atoms with Crippen LogP contribution in [0, 0.1) is 0 Å². The first-order valence-electron chi connectivity index (χ1n) is 11.7. The maximum atomic E-state index is 13.4. The number of pyridine rings is 1. The Balaban J connectivity index is 1.51. The van der Waals surface area contributed by atoms with Gasteiger partial charge in [0.15, 0.2) is 0 Å². The first-order valence-corrected chi connectivity index (χ1v) is 13.1. The molecule has 0 bridgehead atoms. The summed E-state index contributed by atoms with van der Waals surface area (Å²) in [5, 5.41) is 2.96. The van der Waals surface area contributed by atoms with Crippen molar-refractivity contribution in [3.8, 4) is 0 Å². The van der Waals surface area contributed by atoms with Crippen LogP contribution in [-0.2, 0) is 26.1 Å². The minimum absolute atomic E-state index is 0.0331. The number of carbonyl (C=O) groups is 1. The Kier molecular flexibility index (Phi) is 6.61. The standard InChI is InChI=1S/C27H27N3O5S/c1-29(2)36(32,33)19-11-12-26(30-13-15-34-16-14-30)23(17-19)27(31)35-18-25-22-9-4-3-7-20(22)21-8-5-6-10-24(21)28-25/h3-12,17H,13-16,18H2,1-2H3. The molecule has 4 aromatic rings. The van der Waals surface area contributed by atoms with E-state index in [1.165, 1.54) is 26.2 Å². The topological polar surface area (TPSA) is 89.0 Å². The summed E-state index contributed by atoms with van der Waals surface area (Å²) in [5.74, 6) is -0.605. The monoisotopic (exact) mass is 505 g/mol. The van der Waals surface area contributed by atoms with E-state index >= 15 is 0 Å². The highest BCUT2D eigenvalue weighted by atomic mass is 32.2. The summed E-state index contributed by atoms with van der Waals surface area (Å²) in [6, 6.07) is 20.3. The van der Waals surface area contributed by atoms with Gasteiger partial charge in [0.05, 0.1) is 40.6 Å². The SMILES string of the molecule is CN(C)S(=O)(=O)c1ccc(N2CCOCC2)c(C(=O)OCc2nc3ccccc3c3ccccc23)c1. The highest BCUT2D eigenvalue weighted by Crippen LogP contribution is 2.29. The zero-order chi connectivity index (χ0) is 25.3. The van der Waals surface area contributed by atoms with Crippen LogP contribution < -0.4 is 4.90 Å². The van der Waals surface area contributed by atoms with E-state index in [0.717, 1.165) is 26.0 Å². The molecule has 5 rings (SSSR count). The number of rotatable bonds is 6. The normalized spacial score (nSPS) is 14.5. The number of ether oxygens (including phenoxy) is 2. The number of aromatic nitrogens is 1. The molecule has 0 spiro atoms. The average Bonchev–Trinajstić information content (AvgIpc) is 2.91. The highest BCUT2D eigenvalue weighted by molar-refractivity contribution is 7.89. The molecule has 0 amide bonds. The summed E-state index contributed by atoms with van der Waals surface area (Å²) in [5.41, 5.74) is 2.28. The number of sulfonamides is 1. The van der Waals surface area contributed by atoms with E-state index in [1.807, 2.05) is 53.4 Å². The van der Waals surface area contributed by atoms with Gasteiger partial charge in [-0.15, -0.1) is 0 Å². The summed E-state index contributed by atoms with van der Waals surface area (Å²) in [4.78, 5) is 20.2. The Morgan fingerprint density at radius 2 is 1.64 bits per heavy atom. The van der Waals surface area contributed by atoms with Gasteiger partial charge in [-0.2, -0.15) is 0 Å². The van der Waals surface area contributed by atoms with Crippen molar-refractivity contribution in [3.63, 3.8) is 0 Å². The van der Waals surface area contributed by atoms with Gasteiger partial charge in [-0.25, -0.2) is 22.5 Å². The van der Waals surface area contributed by atoms with E-state index in [9.17, 15) is 13.2 Å². The van der Waals surface area contributed by atoms with E-state index in [4.69, 9.17) is 14.5 Å². The van der Waals surface area contributed by atoms with E-state index < -0.39 is 16.0 Å². The lowest BCUT2D eigenvalue weighted by atomic mass is 10.0. The minimum atomic E-state index is -3.73. The molecule has 186 valence electrons. The molecule has 0 atom stereocenters. The van der Waals surface area contributed by atoms with Gasteiger partial charge in [0.2, 0.25) is 10.0 Å². The van der Waals surface area contributed by atoms with Crippen molar-refractivity contribution >= 4 is 43.4 Å². The highest BCUT2D eigenvalue weighted by Gasteiger charge is 2.25. The summed E-state index contributed by atoms with van der Waals surface area (Å²) in [6.07, 6.45) is 0. The molecular weight excluding hydrogens is 478 g/mol. The van der Waals surface area contributed by atoms with Crippen LogP contribution in [0.15, 0.2) is 71.6 Å². The molecule has 0 aliphatic carbocycles. The zero-order valence-corrected chi connectivity index (χ0v) is 21.0. The van der Waals surface area contributed by atoms with Crippen molar-refractivity contribution in [1.29, 1.82) is 0 Å². The molecule has 8 nitrogen and oxygen atoms in total. The summed E-state index contributed by atoms with van der Waals surface area (Å²) in [6.45, 7) is 2.20. The van der Waals surface area contributed by atoms with Crippen LogP contribution in [0.1, 0.15) is 16.1 Å². The van der Waals surface area contributed by atoms with Gasteiger partial charge < -0.3 is 14.4 Å². The van der Waals surface area contributed by atoms with Crippen molar-refractivity contribution in [2.24, 2.45) is 0 Å². The number of hydrogen-bond acceptors (Lipinski definition) is 7. The van der Waals surface area contributed by atoms with Crippen molar-refractivity contribution < 1.29 is 22.7 Å². The van der Waals surface area contributed by atoms with Gasteiger partial charge in [0.1, 0.15) is 6.61 Å². The number of anilines is 1. The van der Waals surface area contributed by atoms with Crippen molar-refractivity contribution in [3.05, 3.63) is 78.0 Å². The number of benzene rings is 3. The van der Waals surface area contributed by atoms with Crippen LogP contribution in [0.3, 0.4) is 0 Å². The number of esters is 1. The van der Waals surface area contributed by atoms with E-state index in [1.54, 1.807) is 6.07 Å². The summed E-state index contributed by atoms with van der Waals surface area (Å²) < 4.78 is 37.9. The van der Waals surface area contributed by atoms with Crippen molar-refractivity contribution in [2.45, 2.75) is 11.5 Å². The molecule has 9 heteroatoms. The fraction of sp³-hybridized carbons (Fsp3) is 0.259. The van der Waals surface area contributed by atoms with E-state index in [-0.39, 0.29) is 17.1 Å². The van der Waals surface area contributed by atoms with Gasteiger partial charge in [-0.1, -0.05) is 42.5 Å². The maximum Gasteiger partial charge on any atom is 0.340 e. The largest absolute Gasteiger partial charge is 0.455 e. The molecule has 1 aromatic heterocycles. The fourth-order valence-corrected chi connectivity index (χ4v) is 5.35. The van der Waals surface area contributed by atoms with Gasteiger partial charge in [-0.3, -0.25) is 0 Å². The quantitative estimate of drug-likeness (QED) is 0.291. The van der Waals surface area contributed by atoms with Crippen LogP contribution in [0.4, 0.5) is 5.69 Å². The molecule has 0 unspecified atom stereocenters. The predicted octanol–water partition coefficient (Wildman–Crippen LogP) is 3.83. The molecule has 0 radical (unpaired) electrons. The Labute approximate surface area is 210 Å². The summed E-state index contributed by atoms with van der Waals surface area (Å²) in [7, 11) is -0.815. The predicted molar refractivity (Wildman–Crippen MR) is 139 cm³/mol. The number of carbonyl (C=O) groups excluding carboxylic acids is 1. The lowest BCUT2D eigenvalue weighted by Gasteiger charge is -2.30. The lowest BCUT2D eigenvalue weighted by Crippen LogP contribution is -2.37. The zero-order valence-electron chi connectivity index (χ0n) is 20.2. The second-order valence-corrected chi connectivity index (χ2v) is 10.9. The smallest absolute Gasteiger partial charge is 0.340 e. The van der Waals surface area contributed by atoms with E-state index in [2.05, 4.69) is 0 Å². The number of fused-ring (bicyclic) bond motifs is 3. The maximum absolute atomic E-state index is 13.4. The first-order chi connectivity index (χ1) is 17.4. The van der Waals surface area contributed by atoms with Gasteiger partial charge in [-0.05, 0) is 29.7 Å². The number of hydrogen-bond donors (Lipinski definition) is 0.